The SMILES string of the molecule is CN(C)c1ccc([Si](C)(C)O)cc1. The predicted octanol–water partition coefficient (Wildman–Crippen LogP) is 1.16. The minimum Gasteiger partial charge on any atom is -0.428 e. The van der Waals surface area contributed by atoms with E-state index in [1.807, 2.05) is 51.5 Å². The Kier molecular flexibility index (Phi) is 2.78. The fourth-order valence-corrected chi connectivity index (χ4v) is 2.15. The number of nitrogens with zero attached hydrogens (tertiary/aromatic N) is 1. The van der Waals surface area contributed by atoms with Gasteiger partial charge in [-0.1, -0.05) is 12.1 Å². The third-order valence-electron chi connectivity index (χ3n) is 2.09. The summed E-state index contributed by atoms with van der Waals surface area (Å²) in [5, 5.41) is 1.08. The number of hydrogen-bond acceptors (Lipinski definition) is 2. The second-order valence-corrected chi connectivity index (χ2v) is 7.70. The molecule has 0 aliphatic carbocycles. The van der Waals surface area contributed by atoms with Gasteiger partial charge in [-0.25, -0.2) is 0 Å². The molecule has 1 N–H and O–H groups in total. The lowest BCUT2D eigenvalue weighted by atomic mass is 10.3. The number of rotatable bonds is 2. The van der Waals surface area contributed by atoms with Gasteiger partial charge >= 0.3 is 0 Å². The summed E-state index contributed by atoms with van der Waals surface area (Å²) in [7, 11) is 1.91. The van der Waals surface area contributed by atoms with E-state index >= 15 is 0 Å². The second-order valence-electron chi connectivity index (χ2n) is 4.00. The van der Waals surface area contributed by atoms with Gasteiger partial charge in [0.2, 0.25) is 8.32 Å². The predicted molar refractivity (Wildman–Crippen MR) is 60.1 cm³/mol. The van der Waals surface area contributed by atoms with E-state index in [0.29, 0.717) is 0 Å². The normalized spacial score (nSPS) is 11.5. The van der Waals surface area contributed by atoms with Gasteiger partial charge in [-0.2, -0.15) is 0 Å². The first kappa shape index (κ1) is 10.3. The van der Waals surface area contributed by atoms with E-state index in [0.717, 1.165) is 5.19 Å². The van der Waals surface area contributed by atoms with E-state index in [-0.39, 0.29) is 0 Å². The summed E-state index contributed by atoms with van der Waals surface area (Å²) < 4.78 is 0. The Balaban J connectivity index is 2.94. The average Bonchev–Trinajstić information content (AvgIpc) is 2.03. The number of anilines is 1. The van der Waals surface area contributed by atoms with Crippen LogP contribution in [0.4, 0.5) is 5.69 Å². The lowest BCUT2D eigenvalue weighted by Gasteiger charge is -2.17. The Morgan fingerprint density at radius 1 is 1.08 bits per heavy atom. The van der Waals surface area contributed by atoms with Gasteiger partial charge in [0.25, 0.3) is 0 Å². The third kappa shape index (κ3) is 2.57. The molecule has 0 bridgehead atoms. The molecule has 0 spiro atoms. The largest absolute Gasteiger partial charge is 0.428 e. The molecule has 0 heterocycles. The molecule has 1 aromatic rings. The molecule has 0 unspecified atom stereocenters. The standard InChI is InChI=1S/C10H17NOSi/c1-11(2)9-5-7-10(8-6-9)13(3,4)12/h5-8,12H,1-4H3. The van der Waals surface area contributed by atoms with Crippen molar-refractivity contribution in [1.29, 1.82) is 0 Å². The number of hydrogen-bond donors (Lipinski definition) is 1. The minimum absolute atomic E-state index is 1.08. The van der Waals surface area contributed by atoms with Gasteiger partial charge in [0.15, 0.2) is 0 Å². The van der Waals surface area contributed by atoms with Crippen molar-refractivity contribution in [2.75, 3.05) is 19.0 Å². The maximum Gasteiger partial charge on any atom is 0.213 e. The quantitative estimate of drug-likeness (QED) is 0.716. The van der Waals surface area contributed by atoms with Crippen LogP contribution in [0.25, 0.3) is 0 Å². The maximum atomic E-state index is 9.84. The third-order valence-corrected chi connectivity index (χ3v) is 3.84. The second kappa shape index (κ2) is 3.52. The van der Waals surface area contributed by atoms with Crippen molar-refractivity contribution >= 4 is 19.2 Å². The van der Waals surface area contributed by atoms with Gasteiger partial charge in [-0.3, -0.25) is 0 Å². The molecule has 2 nitrogen and oxygen atoms in total. The van der Waals surface area contributed by atoms with Crippen LogP contribution in [-0.4, -0.2) is 27.2 Å². The maximum absolute atomic E-state index is 9.84. The van der Waals surface area contributed by atoms with Crippen LogP contribution in [0.1, 0.15) is 0 Å². The summed E-state index contributed by atoms with van der Waals surface area (Å²) in [5.41, 5.74) is 1.17. The molecule has 0 atom stereocenters. The van der Waals surface area contributed by atoms with Crippen molar-refractivity contribution in [3.05, 3.63) is 24.3 Å². The molecule has 1 rings (SSSR count). The van der Waals surface area contributed by atoms with E-state index < -0.39 is 8.32 Å². The summed E-state index contributed by atoms with van der Waals surface area (Å²) in [5.74, 6) is 0. The Labute approximate surface area is 80.9 Å². The highest BCUT2D eigenvalue weighted by atomic mass is 28.4. The molecular formula is C10H17NOSi. The Hall–Kier alpha value is -0.803. The van der Waals surface area contributed by atoms with Crippen molar-refractivity contribution in [1.82, 2.24) is 0 Å². The lowest BCUT2D eigenvalue weighted by Crippen LogP contribution is -2.41. The van der Waals surface area contributed by atoms with E-state index in [9.17, 15) is 4.80 Å². The van der Waals surface area contributed by atoms with Crippen LogP contribution in [0, 0.1) is 0 Å². The first-order valence-corrected chi connectivity index (χ1v) is 7.36. The van der Waals surface area contributed by atoms with Crippen LogP contribution >= 0.6 is 0 Å². The summed E-state index contributed by atoms with van der Waals surface area (Å²) in [6.07, 6.45) is 0. The molecule has 0 saturated heterocycles. The highest BCUT2D eigenvalue weighted by molar-refractivity contribution is 6.83. The first-order chi connectivity index (χ1) is 5.91. The Bertz CT molecular complexity index is 274. The summed E-state index contributed by atoms with van der Waals surface area (Å²) in [6.45, 7) is 3.86. The molecule has 1 aromatic carbocycles. The first-order valence-electron chi connectivity index (χ1n) is 4.41. The smallest absolute Gasteiger partial charge is 0.213 e. The van der Waals surface area contributed by atoms with Gasteiger partial charge in [-0.05, 0) is 30.4 Å². The Morgan fingerprint density at radius 3 is 1.85 bits per heavy atom. The zero-order chi connectivity index (χ0) is 10.1. The van der Waals surface area contributed by atoms with Gasteiger partial charge in [-0.15, -0.1) is 0 Å². The molecule has 3 heteroatoms. The molecule has 13 heavy (non-hydrogen) atoms. The van der Waals surface area contributed by atoms with Gasteiger partial charge in [0.05, 0.1) is 0 Å². The van der Waals surface area contributed by atoms with E-state index in [4.69, 9.17) is 0 Å². The topological polar surface area (TPSA) is 23.5 Å². The van der Waals surface area contributed by atoms with Crippen molar-refractivity contribution < 1.29 is 4.80 Å². The lowest BCUT2D eigenvalue weighted by molar-refractivity contribution is 0.568. The summed E-state index contributed by atoms with van der Waals surface area (Å²) in [6, 6.07) is 8.11. The summed E-state index contributed by atoms with van der Waals surface area (Å²) >= 11 is 0. The highest BCUT2D eigenvalue weighted by Gasteiger charge is 2.19. The molecule has 0 fully saturated rings. The zero-order valence-corrected chi connectivity index (χ0v) is 9.70. The monoisotopic (exact) mass is 195 g/mol. The van der Waals surface area contributed by atoms with Crippen LogP contribution < -0.4 is 10.1 Å². The molecule has 72 valence electrons. The van der Waals surface area contributed by atoms with E-state index in [1.54, 1.807) is 0 Å². The average molecular weight is 195 g/mol. The van der Waals surface area contributed by atoms with Crippen molar-refractivity contribution in [3.63, 3.8) is 0 Å². The fourth-order valence-electron chi connectivity index (χ4n) is 1.17. The van der Waals surface area contributed by atoms with Gasteiger partial charge in [0.1, 0.15) is 0 Å². The van der Waals surface area contributed by atoms with Crippen LogP contribution in [0.3, 0.4) is 0 Å². The number of benzene rings is 1. The van der Waals surface area contributed by atoms with Crippen LogP contribution in [0.15, 0.2) is 24.3 Å². The minimum atomic E-state index is -2.11. The van der Waals surface area contributed by atoms with Crippen molar-refractivity contribution in [2.45, 2.75) is 13.1 Å². The molecule has 0 aromatic heterocycles. The Morgan fingerprint density at radius 2 is 1.54 bits per heavy atom. The molecule has 0 aliphatic rings. The van der Waals surface area contributed by atoms with Crippen molar-refractivity contribution in [3.8, 4) is 0 Å². The summed E-state index contributed by atoms with van der Waals surface area (Å²) in [4.78, 5) is 11.9. The molecule has 0 radical (unpaired) electrons. The van der Waals surface area contributed by atoms with Crippen LogP contribution in [0.2, 0.25) is 13.1 Å². The zero-order valence-electron chi connectivity index (χ0n) is 8.70. The molecular weight excluding hydrogens is 178 g/mol. The molecule has 0 aliphatic heterocycles. The van der Waals surface area contributed by atoms with E-state index in [1.165, 1.54) is 5.69 Å². The highest BCUT2D eigenvalue weighted by Crippen LogP contribution is 2.09. The fraction of sp³-hybridized carbons (Fsp3) is 0.400. The molecule has 0 saturated carbocycles. The van der Waals surface area contributed by atoms with Crippen LogP contribution in [-0.2, 0) is 0 Å². The van der Waals surface area contributed by atoms with Gasteiger partial charge in [0, 0.05) is 19.8 Å². The molecule has 0 amide bonds. The van der Waals surface area contributed by atoms with E-state index in [2.05, 4.69) is 4.90 Å². The van der Waals surface area contributed by atoms with Crippen LogP contribution in [0.5, 0.6) is 0 Å². The van der Waals surface area contributed by atoms with Crippen molar-refractivity contribution in [2.24, 2.45) is 0 Å². The van der Waals surface area contributed by atoms with Gasteiger partial charge < -0.3 is 9.70 Å².